The van der Waals surface area contributed by atoms with E-state index in [1.54, 1.807) is 0 Å². The standard InChI is InChI=1S/C7H10Br2/c8-7(9)5-2-1-4-3-6(4)5/h4-7H,1-3H2/t4-,5-,6+/m1/s1. The predicted octanol–water partition coefficient (Wildman–Crippen LogP) is 3.15. The molecular formula is C7H10Br2. The molecule has 0 aromatic carbocycles. The van der Waals surface area contributed by atoms with Crippen molar-refractivity contribution in [2.45, 2.75) is 23.0 Å². The van der Waals surface area contributed by atoms with E-state index in [4.69, 9.17) is 0 Å². The molecule has 0 N–H and O–H groups in total. The van der Waals surface area contributed by atoms with Gasteiger partial charge in [0.05, 0.1) is 3.74 Å². The van der Waals surface area contributed by atoms with Gasteiger partial charge in [0, 0.05) is 0 Å². The van der Waals surface area contributed by atoms with Gasteiger partial charge in [-0.1, -0.05) is 31.9 Å². The summed E-state index contributed by atoms with van der Waals surface area (Å²) < 4.78 is 0.586. The Bertz CT molecular complexity index is 122. The molecule has 0 unspecified atom stereocenters. The van der Waals surface area contributed by atoms with Crippen molar-refractivity contribution in [2.75, 3.05) is 0 Å². The molecule has 2 fully saturated rings. The van der Waals surface area contributed by atoms with Crippen LogP contribution in [-0.4, -0.2) is 3.74 Å². The zero-order valence-corrected chi connectivity index (χ0v) is 8.36. The Morgan fingerprint density at radius 1 is 1.22 bits per heavy atom. The minimum absolute atomic E-state index is 0.586. The lowest BCUT2D eigenvalue weighted by molar-refractivity contribution is 0.529. The lowest BCUT2D eigenvalue weighted by Crippen LogP contribution is -2.06. The van der Waals surface area contributed by atoms with Gasteiger partial charge in [-0.15, -0.1) is 0 Å². The van der Waals surface area contributed by atoms with Crippen molar-refractivity contribution in [3.8, 4) is 0 Å². The Labute approximate surface area is 72.7 Å². The van der Waals surface area contributed by atoms with Crippen LogP contribution in [0.25, 0.3) is 0 Å². The second kappa shape index (κ2) is 2.23. The van der Waals surface area contributed by atoms with Crippen LogP contribution in [0.5, 0.6) is 0 Å². The zero-order chi connectivity index (χ0) is 6.43. The third-order valence-electron chi connectivity index (χ3n) is 2.72. The summed E-state index contributed by atoms with van der Waals surface area (Å²) in [5.74, 6) is 3.14. The van der Waals surface area contributed by atoms with E-state index in [9.17, 15) is 0 Å². The van der Waals surface area contributed by atoms with Crippen LogP contribution in [0.1, 0.15) is 19.3 Å². The van der Waals surface area contributed by atoms with Crippen molar-refractivity contribution in [1.82, 2.24) is 0 Å². The fourth-order valence-corrected chi connectivity index (χ4v) is 3.37. The molecular weight excluding hydrogens is 244 g/mol. The van der Waals surface area contributed by atoms with E-state index in [0.29, 0.717) is 3.74 Å². The van der Waals surface area contributed by atoms with E-state index in [2.05, 4.69) is 31.9 Å². The lowest BCUT2D eigenvalue weighted by atomic mass is 10.1. The highest BCUT2D eigenvalue weighted by Crippen LogP contribution is 2.58. The molecule has 0 radical (unpaired) electrons. The molecule has 2 rings (SSSR count). The third kappa shape index (κ3) is 1.09. The summed E-state index contributed by atoms with van der Waals surface area (Å²) in [6, 6.07) is 0. The first kappa shape index (κ1) is 6.66. The monoisotopic (exact) mass is 252 g/mol. The molecule has 0 aromatic heterocycles. The largest absolute Gasteiger partial charge is 0.0762 e. The molecule has 0 heterocycles. The summed E-state index contributed by atoms with van der Waals surface area (Å²) in [7, 11) is 0. The third-order valence-corrected chi connectivity index (χ3v) is 4.08. The molecule has 2 aliphatic rings. The molecule has 52 valence electrons. The van der Waals surface area contributed by atoms with Gasteiger partial charge in [-0.05, 0) is 37.0 Å². The van der Waals surface area contributed by atoms with Crippen molar-refractivity contribution in [3.63, 3.8) is 0 Å². The molecule has 0 bridgehead atoms. The van der Waals surface area contributed by atoms with Gasteiger partial charge in [0.2, 0.25) is 0 Å². The van der Waals surface area contributed by atoms with Crippen molar-refractivity contribution in [2.24, 2.45) is 17.8 Å². The smallest absolute Gasteiger partial charge is 0.0728 e. The van der Waals surface area contributed by atoms with Crippen LogP contribution in [0.2, 0.25) is 0 Å². The van der Waals surface area contributed by atoms with Gasteiger partial charge in [-0.25, -0.2) is 0 Å². The molecule has 0 amide bonds. The maximum atomic E-state index is 3.58. The Morgan fingerprint density at radius 2 is 2.00 bits per heavy atom. The molecule has 9 heavy (non-hydrogen) atoms. The van der Waals surface area contributed by atoms with Gasteiger partial charge in [0.15, 0.2) is 0 Å². The van der Waals surface area contributed by atoms with E-state index in [-0.39, 0.29) is 0 Å². The van der Waals surface area contributed by atoms with E-state index in [1.807, 2.05) is 0 Å². The van der Waals surface area contributed by atoms with Crippen molar-refractivity contribution >= 4 is 31.9 Å². The second-order valence-electron chi connectivity index (χ2n) is 3.24. The second-order valence-corrected chi connectivity index (χ2v) is 6.44. The summed E-state index contributed by atoms with van der Waals surface area (Å²) in [4.78, 5) is 0. The summed E-state index contributed by atoms with van der Waals surface area (Å²) >= 11 is 7.17. The fraction of sp³-hybridized carbons (Fsp3) is 1.00. The molecule has 3 atom stereocenters. The molecule has 0 aliphatic heterocycles. The first-order valence-corrected chi connectivity index (χ1v) is 5.40. The molecule has 0 aromatic rings. The molecule has 2 aliphatic carbocycles. The minimum atomic E-state index is 0.586. The van der Waals surface area contributed by atoms with Gasteiger partial charge >= 0.3 is 0 Å². The molecule has 2 heteroatoms. The van der Waals surface area contributed by atoms with Crippen LogP contribution >= 0.6 is 31.9 Å². The van der Waals surface area contributed by atoms with E-state index >= 15 is 0 Å². The van der Waals surface area contributed by atoms with Gasteiger partial charge in [0.25, 0.3) is 0 Å². The maximum absolute atomic E-state index is 3.58. The number of fused-ring (bicyclic) bond motifs is 1. The first-order chi connectivity index (χ1) is 4.29. The Morgan fingerprint density at radius 3 is 2.22 bits per heavy atom. The van der Waals surface area contributed by atoms with Crippen LogP contribution in [0.3, 0.4) is 0 Å². The van der Waals surface area contributed by atoms with Crippen LogP contribution in [0.4, 0.5) is 0 Å². The Balaban J connectivity index is 1.98. The number of hydrogen-bond donors (Lipinski definition) is 0. The van der Waals surface area contributed by atoms with E-state index in [0.717, 1.165) is 17.8 Å². The average Bonchev–Trinajstić information content (AvgIpc) is 2.43. The summed E-state index contributed by atoms with van der Waals surface area (Å²) in [5.41, 5.74) is 0. The van der Waals surface area contributed by atoms with Gasteiger partial charge < -0.3 is 0 Å². The van der Waals surface area contributed by atoms with Crippen LogP contribution in [0.15, 0.2) is 0 Å². The summed E-state index contributed by atoms with van der Waals surface area (Å²) in [5, 5.41) is 0. The molecule has 0 saturated heterocycles. The Kier molecular flexibility index (Phi) is 1.65. The highest BCUT2D eigenvalue weighted by molar-refractivity contribution is 9.24. The van der Waals surface area contributed by atoms with Crippen LogP contribution < -0.4 is 0 Å². The van der Waals surface area contributed by atoms with Crippen LogP contribution in [0, 0.1) is 17.8 Å². The first-order valence-electron chi connectivity index (χ1n) is 3.57. The predicted molar refractivity (Wildman–Crippen MR) is 46.0 cm³/mol. The minimum Gasteiger partial charge on any atom is -0.0762 e. The van der Waals surface area contributed by atoms with E-state index < -0.39 is 0 Å². The highest BCUT2D eigenvalue weighted by atomic mass is 79.9. The van der Waals surface area contributed by atoms with Crippen molar-refractivity contribution in [1.29, 1.82) is 0 Å². The topological polar surface area (TPSA) is 0 Å². The van der Waals surface area contributed by atoms with Gasteiger partial charge in [0.1, 0.15) is 0 Å². The maximum Gasteiger partial charge on any atom is 0.0728 e. The van der Waals surface area contributed by atoms with Gasteiger partial charge in [-0.3, -0.25) is 0 Å². The van der Waals surface area contributed by atoms with Gasteiger partial charge in [-0.2, -0.15) is 0 Å². The highest BCUT2D eigenvalue weighted by Gasteiger charge is 2.49. The lowest BCUT2D eigenvalue weighted by Gasteiger charge is -2.11. The zero-order valence-electron chi connectivity index (χ0n) is 5.19. The van der Waals surface area contributed by atoms with Crippen LogP contribution in [-0.2, 0) is 0 Å². The summed E-state index contributed by atoms with van der Waals surface area (Å²) in [6.45, 7) is 0. The molecule has 0 spiro atoms. The van der Waals surface area contributed by atoms with E-state index in [1.165, 1.54) is 19.3 Å². The SMILES string of the molecule is BrC(Br)[C@@H]1CC[C@@H]2C[C@@H]21. The number of halogens is 2. The fourth-order valence-electron chi connectivity index (χ4n) is 2.06. The average molecular weight is 254 g/mol. The number of alkyl halides is 2. The number of rotatable bonds is 1. The normalized spacial score (nSPS) is 47.7. The van der Waals surface area contributed by atoms with Crippen molar-refractivity contribution < 1.29 is 0 Å². The quantitative estimate of drug-likeness (QED) is 0.630. The number of hydrogen-bond acceptors (Lipinski definition) is 0. The Hall–Kier alpha value is 0.960. The molecule has 2 saturated carbocycles. The molecule has 0 nitrogen and oxygen atoms in total. The summed E-state index contributed by atoms with van der Waals surface area (Å²) in [6.07, 6.45) is 4.44. The van der Waals surface area contributed by atoms with Crippen molar-refractivity contribution in [3.05, 3.63) is 0 Å².